The topological polar surface area (TPSA) is 38.5 Å². The van der Waals surface area contributed by atoms with Gasteiger partial charge in [0.25, 0.3) is 0 Å². The molecule has 17 heavy (non-hydrogen) atoms. The third kappa shape index (κ3) is 5.91. The number of hydrogen-bond acceptors (Lipinski definition) is 3. The molecule has 0 radical (unpaired) electrons. The van der Waals surface area contributed by atoms with E-state index >= 15 is 0 Å². The van der Waals surface area contributed by atoms with E-state index in [4.69, 9.17) is 22.1 Å². The molecular formula is C13H21ClN2O. The quantitative estimate of drug-likeness (QED) is 0.796. The van der Waals surface area contributed by atoms with E-state index in [9.17, 15) is 0 Å². The summed E-state index contributed by atoms with van der Waals surface area (Å²) < 4.78 is 5.51. The van der Waals surface area contributed by atoms with Gasteiger partial charge in [-0.05, 0) is 44.7 Å². The normalized spacial score (nSPS) is 11.4. The molecule has 1 aromatic carbocycles. The molecule has 0 heterocycles. The highest BCUT2D eigenvalue weighted by Crippen LogP contribution is 2.17. The molecule has 0 aliphatic carbocycles. The number of nitrogen functional groups attached to an aromatic ring is 1. The predicted octanol–water partition coefficient (Wildman–Crippen LogP) is 2.78. The summed E-state index contributed by atoms with van der Waals surface area (Å²) in [7, 11) is 2.06. The van der Waals surface area contributed by atoms with Crippen molar-refractivity contribution in [3.63, 3.8) is 0 Å². The highest BCUT2D eigenvalue weighted by atomic mass is 35.5. The van der Waals surface area contributed by atoms with Crippen molar-refractivity contribution in [1.29, 1.82) is 0 Å². The standard InChI is InChI=1S/C13H21ClN2O/c1-10(2)17-5-4-16(3)9-11-6-12(14)8-13(15)7-11/h6-8,10H,4-5,9,15H2,1-3H3. The molecule has 0 amide bonds. The number of nitrogens with two attached hydrogens (primary N) is 1. The van der Waals surface area contributed by atoms with Crippen molar-refractivity contribution in [3.8, 4) is 0 Å². The molecule has 0 aliphatic rings. The molecule has 3 nitrogen and oxygen atoms in total. The van der Waals surface area contributed by atoms with Gasteiger partial charge in [0.2, 0.25) is 0 Å². The Labute approximate surface area is 109 Å². The summed E-state index contributed by atoms with van der Waals surface area (Å²) in [6.45, 7) is 6.54. The lowest BCUT2D eigenvalue weighted by molar-refractivity contribution is 0.0627. The van der Waals surface area contributed by atoms with E-state index in [0.29, 0.717) is 10.7 Å². The van der Waals surface area contributed by atoms with Crippen LogP contribution in [0, 0.1) is 0 Å². The fourth-order valence-corrected chi connectivity index (χ4v) is 1.87. The van der Waals surface area contributed by atoms with Gasteiger partial charge < -0.3 is 10.5 Å². The van der Waals surface area contributed by atoms with Gasteiger partial charge in [0, 0.05) is 23.8 Å². The van der Waals surface area contributed by atoms with Gasteiger partial charge >= 0.3 is 0 Å². The van der Waals surface area contributed by atoms with E-state index in [1.54, 1.807) is 6.07 Å². The maximum atomic E-state index is 5.96. The number of anilines is 1. The summed E-state index contributed by atoms with van der Waals surface area (Å²) in [5.41, 5.74) is 7.58. The first kappa shape index (κ1) is 14.3. The van der Waals surface area contributed by atoms with Crippen molar-refractivity contribution in [3.05, 3.63) is 28.8 Å². The average molecular weight is 257 g/mol. The Balaban J connectivity index is 2.42. The van der Waals surface area contributed by atoms with Gasteiger partial charge in [-0.2, -0.15) is 0 Å². The van der Waals surface area contributed by atoms with Gasteiger partial charge in [-0.25, -0.2) is 0 Å². The van der Waals surface area contributed by atoms with Crippen molar-refractivity contribution < 1.29 is 4.74 Å². The molecule has 0 aromatic heterocycles. The van der Waals surface area contributed by atoms with Gasteiger partial charge in [-0.3, -0.25) is 4.90 Å². The molecule has 1 aromatic rings. The lowest BCUT2D eigenvalue weighted by Gasteiger charge is -2.18. The number of benzene rings is 1. The van der Waals surface area contributed by atoms with Crippen LogP contribution < -0.4 is 5.73 Å². The lowest BCUT2D eigenvalue weighted by atomic mass is 10.2. The first-order valence-electron chi connectivity index (χ1n) is 5.82. The molecule has 0 aliphatic heterocycles. The number of nitrogens with zero attached hydrogens (tertiary/aromatic N) is 1. The molecule has 1 rings (SSSR count). The molecule has 0 unspecified atom stereocenters. The second-order valence-corrected chi connectivity index (χ2v) is 4.99. The molecule has 2 N–H and O–H groups in total. The average Bonchev–Trinajstić information content (AvgIpc) is 2.14. The predicted molar refractivity (Wildman–Crippen MR) is 73.3 cm³/mol. The van der Waals surface area contributed by atoms with Crippen LogP contribution in [0.1, 0.15) is 19.4 Å². The maximum Gasteiger partial charge on any atom is 0.0596 e. The number of halogens is 1. The number of hydrogen-bond donors (Lipinski definition) is 1. The smallest absolute Gasteiger partial charge is 0.0596 e. The minimum atomic E-state index is 0.283. The lowest BCUT2D eigenvalue weighted by Crippen LogP contribution is -2.24. The molecule has 0 atom stereocenters. The largest absolute Gasteiger partial charge is 0.399 e. The Morgan fingerprint density at radius 1 is 1.35 bits per heavy atom. The van der Waals surface area contributed by atoms with Crippen LogP contribution in [0.5, 0.6) is 0 Å². The Bertz CT molecular complexity index is 335. The summed E-state index contributed by atoms with van der Waals surface area (Å²) in [6.07, 6.45) is 0.283. The van der Waals surface area contributed by atoms with E-state index < -0.39 is 0 Å². The summed E-state index contributed by atoms with van der Waals surface area (Å²) in [4.78, 5) is 2.19. The van der Waals surface area contributed by atoms with Crippen molar-refractivity contribution >= 4 is 17.3 Å². The first-order valence-corrected chi connectivity index (χ1v) is 6.20. The van der Waals surface area contributed by atoms with Gasteiger partial charge in [0.15, 0.2) is 0 Å². The van der Waals surface area contributed by atoms with E-state index in [2.05, 4.69) is 11.9 Å². The van der Waals surface area contributed by atoms with Crippen LogP contribution in [0.2, 0.25) is 5.02 Å². The van der Waals surface area contributed by atoms with Crippen LogP contribution in [0.4, 0.5) is 5.69 Å². The third-order valence-corrected chi connectivity index (χ3v) is 2.57. The Kier molecular flexibility index (Phi) is 5.75. The van der Waals surface area contributed by atoms with E-state index in [1.807, 2.05) is 26.0 Å². The van der Waals surface area contributed by atoms with Crippen molar-refractivity contribution in [2.45, 2.75) is 26.5 Å². The van der Waals surface area contributed by atoms with Gasteiger partial charge in [0.05, 0.1) is 12.7 Å². The maximum absolute atomic E-state index is 5.96. The number of likely N-dealkylation sites (N-methyl/N-ethyl adjacent to an activating group) is 1. The van der Waals surface area contributed by atoms with Gasteiger partial charge in [-0.1, -0.05) is 11.6 Å². The second-order valence-electron chi connectivity index (χ2n) is 4.55. The number of rotatable bonds is 6. The molecule has 0 saturated carbocycles. The molecule has 0 fully saturated rings. The zero-order valence-corrected chi connectivity index (χ0v) is 11.5. The summed E-state index contributed by atoms with van der Waals surface area (Å²) in [5, 5.41) is 0.687. The molecule has 0 bridgehead atoms. The molecule has 0 spiro atoms. The highest BCUT2D eigenvalue weighted by molar-refractivity contribution is 6.30. The SMILES string of the molecule is CC(C)OCCN(C)Cc1cc(N)cc(Cl)c1. The fourth-order valence-electron chi connectivity index (χ4n) is 1.60. The number of ether oxygens (including phenoxy) is 1. The van der Waals surface area contributed by atoms with Crippen molar-refractivity contribution in [2.24, 2.45) is 0 Å². The second kappa shape index (κ2) is 6.84. The Morgan fingerprint density at radius 3 is 2.65 bits per heavy atom. The first-order chi connectivity index (χ1) is 7.97. The van der Waals surface area contributed by atoms with Crippen LogP contribution in [0.3, 0.4) is 0 Å². The Hall–Kier alpha value is -0.770. The van der Waals surface area contributed by atoms with Crippen LogP contribution in [-0.4, -0.2) is 31.2 Å². The zero-order chi connectivity index (χ0) is 12.8. The van der Waals surface area contributed by atoms with Crippen LogP contribution in [0.15, 0.2) is 18.2 Å². The van der Waals surface area contributed by atoms with E-state index in [0.717, 1.165) is 25.3 Å². The minimum Gasteiger partial charge on any atom is -0.399 e. The summed E-state index contributed by atoms with van der Waals surface area (Å²) in [6, 6.07) is 5.65. The van der Waals surface area contributed by atoms with Gasteiger partial charge in [-0.15, -0.1) is 0 Å². The summed E-state index contributed by atoms with van der Waals surface area (Å²) in [5.74, 6) is 0. The molecule has 4 heteroatoms. The van der Waals surface area contributed by atoms with Crippen LogP contribution in [-0.2, 0) is 11.3 Å². The Morgan fingerprint density at radius 2 is 2.06 bits per heavy atom. The summed E-state index contributed by atoms with van der Waals surface area (Å²) >= 11 is 5.96. The van der Waals surface area contributed by atoms with Gasteiger partial charge in [0.1, 0.15) is 0 Å². The molecule has 96 valence electrons. The zero-order valence-electron chi connectivity index (χ0n) is 10.7. The van der Waals surface area contributed by atoms with Crippen molar-refractivity contribution in [1.82, 2.24) is 4.90 Å². The molecule has 0 saturated heterocycles. The van der Waals surface area contributed by atoms with Crippen molar-refractivity contribution in [2.75, 3.05) is 25.9 Å². The highest BCUT2D eigenvalue weighted by Gasteiger charge is 2.03. The fraction of sp³-hybridized carbons (Fsp3) is 0.538. The van der Waals surface area contributed by atoms with Crippen LogP contribution >= 0.6 is 11.6 Å². The third-order valence-electron chi connectivity index (χ3n) is 2.36. The van der Waals surface area contributed by atoms with E-state index in [-0.39, 0.29) is 6.10 Å². The monoisotopic (exact) mass is 256 g/mol. The van der Waals surface area contributed by atoms with Crippen LogP contribution in [0.25, 0.3) is 0 Å². The molecular weight excluding hydrogens is 236 g/mol. The van der Waals surface area contributed by atoms with E-state index in [1.165, 1.54) is 0 Å². The minimum absolute atomic E-state index is 0.283.